The molecule has 7 nitrogen and oxygen atoms in total. The summed E-state index contributed by atoms with van der Waals surface area (Å²) in [5, 5.41) is 7.11. The van der Waals surface area contributed by atoms with E-state index in [4.69, 9.17) is 18.7 Å². The number of aromatic nitrogens is 2. The summed E-state index contributed by atoms with van der Waals surface area (Å²) in [4.78, 5) is 4.34. The van der Waals surface area contributed by atoms with Gasteiger partial charge >= 0.3 is 0 Å². The van der Waals surface area contributed by atoms with Gasteiger partial charge in [-0.05, 0) is 12.1 Å². The molecule has 0 radical (unpaired) electrons. The van der Waals surface area contributed by atoms with Crippen molar-refractivity contribution in [3.05, 3.63) is 24.1 Å². The number of nitrogens with one attached hydrogen (secondary N) is 1. The van der Waals surface area contributed by atoms with Gasteiger partial charge in [0.1, 0.15) is 11.5 Å². The van der Waals surface area contributed by atoms with E-state index in [1.165, 1.54) is 0 Å². The van der Waals surface area contributed by atoms with Gasteiger partial charge < -0.3 is 24.1 Å². The fourth-order valence-corrected chi connectivity index (χ4v) is 1.75. The zero-order valence-corrected chi connectivity index (χ0v) is 12.4. The molecule has 114 valence electrons. The van der Waals surface area contributed by atoms with E-state index in [2.05, 4.69) is 15.5 Å². The highest BCUT2D eigenvalue weighted by molar-refractivity contribution is 5.60. The van der Waals surface area contributed by atoms with Crippen molar-refractivity contribution in [1.29, 1.82) is 0 Å². The number of hydrogen-bond donors (Lipinski definition) is 1. The monoisotopic (exact) mass is 293 g/mol. The molecule has 0 bridgehead atoms. The first-order chi connectivity index (χ1) is 10.3. The summed E-state index contributed by atoms with van der Waals surface area (Å²) in [5.41, 5.74) is 0.776. The van der Waals surface area contributed by atoms with Gasteiger partial charge in [-0.25, -0.2) is 0 Å². The molecule has 0 aliphatic heterocycles. The Kier molecular flexibility index (Phi) is 5.53. The molecule has 7 heteroatoms. The Morgan fingerprint density at radius 2 is 1.81 bits per heavy atom. The normalized spacial score (nSPS) is 10.6. The molecular weight excluding hydrogens is 274 g/mol. The summed E-state index contributed by atoms with van der Waals surface area (Å²) in [6.07, 6.45) is 0. The van der Waals surface area contributed by atoms with E-state index in [1.807, 2.05) is 12.1 Å². The predicted molar refractivity (Wildman–Crippen MR) is 76.4 cm³/mol. The maximum Gasteiger partial charge on any atom is 0.240 e. The molecule has 0 saturated carbocycles. The minimum absolute atomic E-state index is 0.496. The van der Waals surface area contributed by atoms with Crippen LogP contribution in [0.15, 0.2) is 22.7 Å². The molecule has 0 amide bonds. The minimum atomic E-state index is 0.496. The highest BCUT2D eigenvalue weighted by atomic mass is 16.5. The van der Waals surface area contributed by atoms with Gasteiger partial charge in [-0.2, -0.15) is 4.98 Å². The van der Waals surface area contributed by atoms with E-state index >= 15 is 0 Å². The summed E-state index contributed by atoms with van der Waals surface area (Å²) in [6.45, 7) is 1.85. The fraction of sp³-hybridized carbons (Fsp3) is 0.429. The molecule has 2 aromatic rings. The third kappa shape index (κ3) is 4.17. The van der Waals surface area contributed by atoms with Gasteiger partial charge in [0.2, 0.25) is 11.7 Å². The van der Waals surface area contributed by atoms with E-state index in [0.29, 0.717) is 36.4 Å². The van der Waals surface area contributed by atoms with E-state index in [-0.39, 0.29) is 0 Å². The topological polar surface area (TPSA) is 78.6 Å². The van der Waals surface area contributed by atoms with Gasteiger partial charge in [0.05, 0.1) is 27.4 Å². The minimum Gasteiger partial charge on any atom is -0.497 e. The van der Waals surface area contributed by atoms with E-state index in [9.17, 15) is 0 Å². The Labute approximate surface area is 123 Å². The lowest BCUT2D eigenvalue weighted by atomic mass is 10.2. The van der Waals surface area contributed by atoms with Crippen LogP contribution in [0.25, 0.3) is 11.4 Å². The lowest BCUT2D eigenvalue weighted by Gasteiger charge is -2.05. The van der Waals surface area contributed by atoms with Gasteiger partial charge in [0.25, 0.3) is 0 Å². The molecule has 1 N–H and O–H groups in total. The van der Waals surface area contributed by atoms with Crippen LogP contribution in [-0.2, 0) is 11.3 Å². The summed E-state index contributed by atoms with van der Waals surface area (Å²) in [7, 11) is 4.85. The molecule has 0 aliphatic rings. The number of hydrogen-bond acceptors (Lipinski definition) is 7. The molecule has 0 fully saturated rings. The number of ether oxygens (including phenoxy) is 3. The molecule has 1 aromatic carbocycles. The Morgan fingerprint density at radius 3 is 2.43 bits per heavy atom. The SMILES string of the molecule is COCCNCc1nc(-c2cc(OC)cc(OC)c2)no1. The van der Waals surface area contributed by atoms with Crippen molar-refractivity contribution in [3.8, 4) is 22.9 Å². The molecule has 1 aromatic heterocycles. The first kappa shape index (κ1) is 15.3. The lowest BCUT2D eigenvalue weighted by Crippen LogP contribution is -2.18. The van der Waals surface area contributed by atoms with Gasteiger partial charge in [0.15, 0.2) is 0 Å². The molecule has 0 aliphatic carbocycles. The van der Waals surface area contributed by atoms with Crippen molar-refractivity contribution >= 4 is 0 Å². The third-order valence-electron chi connectivity index (χ3n) is 2.84. The van der Waals surface area contributed by atoms with Crippen molar-refractivity contribution in [1.82, 2.24) is 15.5 Å². The molecule has 0 spiro atoms. The second kappa shape index (κ2) is 7.61. The number of rotatable bonds is 8. The van der Waals surface area contributed by atoms with Crippen molar-refractivity contribution < 1.29 is 18.7 Å². The molecule has 2 rings (SSSR count). The maximum absolute atomic E-state index is 5.23. The van der Waals surface area contributed by atoms with Crippen molar-refractivity contribution in [2.75, 3.05) is 34.5 Å². The van der Waals surface area contributed by atoms with Crippen LogP contribution in [-0.4, -0.2) is 44.6 Å². The van der Waals surface area contributed by atoms with Crippen LogP contribution in [0.4, 0.5) is 0 Å². The largest absolute Gasteiger partial charge is 0.497 e. The third-order valence-corrected chi connectivity index (χ3v) is 2.84. The standard InChI is InChI=1S/C14H19N3O4/c1-18-5-4-15-9-13-16-14(17-21-13)10-6-11(19-2)8-12(7-10)20-3/h6-8,15H,4-5,9H2,1-3H3. The lowest BCUT2D eigenvalue weighted by molar-refractivity contribution is 0.197. The number of nitrogens with zero attached hydrogens (tertiary/aromatic N) is 2. The quantitative estimate of drug-likeness (QED) is 0.739. The molecular formula is C14H19N3O4. The first-order valence-electron chi connectivity index (χ1n) is 6.52. The Morgan fingerprint density at radius 1 is 1.10 bits per heavy atom. The van der Waals surface area contributed by atoms with Crippen molar-refractivity contribution in [2.24, 2.45) is 0 Å². The summed E-state index contributed by atoms with van der Waals surface area (Å²) < 4.78 is 20.6. The van der Waals surface area contributed by atoms with Crippen LogP contribution in [0.3, 0.4) is 0 Å². The summed E-state index contributed by atoms with van der Waals surface area (Å²) in [6, 6.07) is 5.45. The molecule has 0 saturated heterocycles. The first-order valence-corrected chi connectivity index (χ1v) is 6.52. The zero-order valence-electron chi connectivity index (χ0n) is 12.4. The van der Waals surface area contributed by atoms with E-state index in [1.54, 1.807) is 27.4 Å². The van der Waals surface area contributed by atoms with Gasteiger partial charge in [0, 0.05) is 25.3 Å². The second-order valence-electron chi connectivity index (χ2n) is 4.28. The highest BCUT2D eigenvalue weighted by Crippen LogP contribution is 2.28. The van der Waals surface area contributed by atoms with Gasteiger partial charge in [-0.3, -0.25) is 0 Å². The van der Waals surface area contributed by atoms with Crippen LogP contribution in [0.1, 0.15) is 5.89 Å². The molecule has 0 unspecified atom stereocenters. The van der Waals surface area contributed by atoms with Gasteiger partial charge in [-0.1, -0.05) is 5.16 Å². The average molecular weight is 293 g/mol. The van der Waals surface area contributed by atoms with Crippen molar-refractivity contribution in [3.63, 3.8) is 0 Å². The zero-order chi connectivity index (χ0) is 15.1. The van der Waals surface area contributed by atoms with Crippen molar-refractivity contribution in [2.45, 2.75) is 6.54 Å². The highest BCUT2D eigenvalue weighted by Gasteiger charge is 2.11. The molecule has 0 atom stereocenters. The van der Waals surface area contributed by atoms with Gasteiger partial charge in [-0.15, -0.1) is 0 Å². The van der Waals surface area contributed by atoms with Crippen LogP contribution >= 0.6 is 0 Å². The van der Waals surface area contributed by atoms with Crippen LogP contribution in [0, 0.1) is 0 Å². The van der Waals surface area contributed by atoms with Crippen LogP contribution < -0.4 is 14.8 Å². The predicted octanol–water partition coefficient (Wildman–Crippen LogP) is 1.49. The van der Waals surface area contributed by atoms with E-state index < -0.39 is 0 Å². The molecule has 21 heavy (non-hydrogen) atoms. The summed E-state index contributed by atoms with van der Waals surface area (Å²) >= 11 is 0. The van der Waals surface area contributed by atoms with E-state index in [0.717, 1.165) is 12.1 Å². The van der Waals surface area contributed by atoms with Crippen LogP contribution in [0.2, 0.25) is 0 Å². The summed E-state index contributed by atoms with van der Waals surface area (Å²) in [5.74, 6) is 2.36. The maximum atomic E-state index is 5.23. The average Bonchev–Trinajstić information content (AvgIpc) is 3.00. The fourth-order valence-electron chi connectivity index (χ4n) is 1.75. The second-order valence-corrected chi connectivity index (χ2v) is 4.28. The Hall–Kier alpha value is -2.12. The number of benzene rings is 1. The molecule has 1 heterocycles. The number of methoxy groups -OCH3 is 3. The van der Waals surface area contributed by atoms with Crippen LogP contribution in [0.5, 0.6) is 11.5 Å². The Balaban J connectivity index is 2.09. The Bertz CT molecular complexity index is 549. The smallest absolute Gasteiger partial charge is 0.240 e.